The number of hydrogen-bond donors (Lipinski definition) is 0. The molecule has 0 saturated carbocycles. The summed E-state index contributed by atoms with van der Waals surface area (Å²) in [6.45, 7) is 5.70. The van der Waals surface area contributed by atoms with Gasteiger partial charge < -0.3 is 0 Å². The van der Waals surface area contributed by atoms with Gasteiger partial charge in [-0.25, -0.2) is 4.98 Å². The Kier molecular flexibility index (Phi) is 4.21. The molecule has 0 bridgehead atoms. The molecule has 3 aromatic rings. The van der Waals surface area contributed by atoms with E-state index in [9.17, 15) is 4.79 Å². The average molecular weight is 339 g/mol. The van der Waals surface area contributed by atoms with Crippen LogP contribution in [0.2, 0.25) is 0 Å². The summed E-state index contributed by atoms with van der Waals surface area (Å²) in [6, 6.07) is 10.6. The molecule has 0 fully saturated rings. The van der Waals surface area contributed by atoms with E-state index in [-0.39, 0.29) is 5.56 Å². The molecule has 1 aromatic carbocycles. The van der Waals surface area contributed by atoms with Crippen LogP contribution in [0.3, 0.4) is 0 Å². The van der Waals surface area contributed by atoms with Gasteiger partial charge in [0.05, 0.1) is 11.7 Å². The second-order valence-corrected chi connectivity index (χ2v) is 7.46. The number of aromatic nitrogens is 2. The van der Waals surface area contributed by atoms with Crippen molar-refractivity contribution in [3.63, 3.8) is 0 Å². The number of rotatable bonds is 4. The first-order valence-corrected chi connectivity index (χ1v) is 9.34. The predicted molar refractivity (Wildman–Crippen MR) is 98.4 cm³/mol. The van der Waals surface area contributed by atoms with E-state index in [4.69, 9.17) is 0 Å². The molecule has 1 aliphatic heterocycles. The lowest BCUT2D eigenvalue weighted by atomic mass is 10.0. The van der Waals surface area contributed by atoms with E-state index in [1.54, 1.807) is 22.2 Å². The van der Waals surface area contributed by atoms with Crippen molar-refractivity contribution in [1.29, 1.82) is 0 Å². The molecule has 4 rings (SSSR count). The van der Waals surface area contributed by atoms with Crippen LogP contribution in [0.4, 0.5) is 0 Å². The van der Waals surface area contributed by atoms with Crippen molar-refractivity contribution in [1.82, 2.24) is 14.5 Å². The Morgan fingerprint density at radius 1 is 1.25 bits per heavy atom. The molecular formula is C19H21N3OS. The molecule has 0 amide bonds. The van der Waals surface area contributed by atoms with Crippen molar-refractivity contribution in [2.45, 2.75) is 39.4 Å². The molecule has 3 heterocycles. The molecular weight excluding hydrogens is 318 g/mol. The van der Waals surface area contributed by atoms with Crippen LogP contribution >= 0.6 is 11.3 Å². The standard InChI is InChI=1S/C19H21N3OS/c1-2-9-22-13-20-18-17(19(22)23)15-8-10-21(12-16(15)24-18)11-14-6-4-3-5-7-14/h3-7,13H,2,8-12H2,1H3. The van der Waals surface area contributed by atoms with Gasteiger partial charge in [-0.2, -0.15) is 0 Å². The molecule has 2 aromatic heterocycles. The van der Waals surface area contributed by atoms with Crippen molar-refractivity contribution in [3.05, 3.63) is 63.0 Å². The third-order valence-electron chi connectivity index (χ3n) is 4.62. The zero-order valence-corrected chi connectivity index (χ0v) is 14.7. The second kappa shape index (κ2) is 6.49. The lowest BCUT2D eigenvalue weighted by Crippen LogP contribution is -2.30. The fourth-order valence-electron chi connectivity index (χ4n) is 3.45. The van der Waals surface area contributed by atoms with Gasteiger partial charge in [-0.3, -0.25) is 14.3 Å². The van der Waals surface area contributed by atoms with Gasteiger partial charge in [0.1, 0.15) is 4.83 Å². The molecule has 0 saturated heterocycles. The number of thiophene rings is 1. The van der Waals surface area contributed by atoms with Gasteiger partial charge in [-0.1, -0.05) is 37.3 Å². The highest BCUT2D eigenvalue weighted by Gasteiger charge is 2.23. The third-order valence-corrected chi connectivity index (χ3v) is 5.74. The zero-order chi connectivity index (χ0) is 16.5. The maximum Gasteiger partial charge on any atom is 0.262 e. The monoisotopic (exact) mass is 339 g/mol. The van der Waals surface area contributed by atoms with Crippen LogP contribution in [0.25, 0.3) is 10.2 Å². The minimum Gasteiger partial charge on any atom is -0.299 e. The van der Waals surface area contributed by atoms with Gasteiger partial charge in [0.15, 0.2) is 0 Å². The fraction of sp³-hybridized carbons (Fsp3) is 0.368. The molecule has 124 valence electrons. The minimum atomic E-state index is 0.135. The summed E-state index contributed by atoms with van der Waals surface area (Å²) >= 11 is 1.69. The van der Waals surface area contributed by atoms with Crippen LogP contribution in [0, 0.1) is 0 Å². The van der Waals surface area contributed by atoms with Crippen LogP contribution in [0.1, 0.15) is 29.3 Å². The number of hydrogen-bond acceptors (Lipinski definition) is 4. The third kappa shape index (κ3) is 2.78. The number of fused-ring (bicyclic) bond motifs is 3. The molecule has 0 atom stereocenters. The molecule has 0 radical (unpaired) electrons. The van der Waals surface area contributed by atoms with Crippen LogP contribution in [-0.4, -0.2) is 21.0 Å². The van der Waals surface area contributed by atoms with E-state index < -0.39 is 0 Å². The van der Waals surface area contributed by atoms with Crippen molar-refractivity contribution in [3.8, 4) is 0 Å². The van der Waals surface area contributed by atoms with E-state index in [2.05, 4.69) is 47.1 Å². The smallest absolute Gasteiger partial charge is 0.262 e. The second-order valence-electron chi connectivity index (χ2n) is 6.37. The molecule has 0 N–H and O–H groups in total. The van der Waals surface area contributed by atoms with Crippen LogP contribution in [0.5, 0.6) is 0 Å². The maximum atomic E-state index is 12.7. The Bertz CT molecular complexity index is 914. The van der Waals surface area contributed by atoms with E-state index >= 15 is 0 Å². The van der Waals surface area contributed by atoms with Crippen LogP contribution in [0.15, 0.2) is 41.5 Å². The zero-order valence-electron chi connectivity index (χ0n) is 13.9. The van der Waals surface area contributed by atoms with Crippen molar-refractivity contribution in [2.24, 2.45) is 0 Å². The van der Waals surface area contributed by atoms with Gasteiger partial charge in [0.2, 0.25) is 0 Å². The van der Waals surface area contributed by atoms with Gasteiger partial charge in [0.25, 0.3) is 5.56 Å². The summed E-state index contributed by atoms with van der Waals surface area (Å²) in [5.41, 5.74) is 2.71. The van der Waals surface area contributed by atoms with Crippen LogP contribution < -0.4 is 5.56 Å². The van der Waals surface area contributed by atoms with E-state index in [1.165, 1.54) is 16.0 Å². The van der Waals surface area contributed by atoms with E-state index in [1.807, 2.05) is 0 Å². The highest BCUT2D eigenvalue weighted by atomic mass is 32.1. The molecule has 0 unspecified atom stereocenters. The average Bonchev–Trinajstić information content (AvgIpc) is 2.97. The predicted octanol–water partition coefficient (Wildman–Crippen LogP) is 3.43. The van der Waals surface area contributed by atoms with Gasteiger partial charge in [-0.05, 0) is 24.0 Å². The highest BCUT2D eigenvalue weighted by Crippen LogP contribution is 2.32. The Labute approximate surface area is 145 Å². The van der Waals surface area contributed by atoms with Crippen LogP contribution in [-0.2, 0) is 26.1 Å². The topological polar surface area (TPSA) is 38.1 Å². The Morgan fingerprint density at radius 2 is 2.08 bits per heavy atom. The molecule has 0 spiro atoms. The lowest BCUT2D eigenvalue weighted by Gasteiger charge is -2.26. The first-order valence-electron chi connectivity index (χ1n) is 8.52. The fourth-order valence-corrected chi connectivity index (χ4v) is 4.67. The van der Waals surface area contributed by atoms with Crippen molar-refractivity contribution < 1.29 is 0 Å². The summed E-state index contributed by atoms with van der Waals surface area (Å²) in [5.74, 6) is 0. The summed E-state index contributed by atoms with van der Waals surface area (Å²) < 4.78 is 1.76. The molecule has 1 aliphatic rings. The van der Waals surface area contributed by atoms with Gasteiger partial charge in [-0.15, -0.1) is 11.3 Å². The van der Waals surface area contributed by atoms with Crippen molar-refractivity contribution >= 4 is 21.6 Å². The van der Waals surface area contributed by atoms with Gasteiger partial charge >= 0.3 is 0 Å². The SMILES string of the molecule is CCCn1cnc2sc3c(c2c1=O)CCN(Cc1ccccc1)C3. The summed E-state index contributed by atoms with van der Waals surface area (Å²) in [5, 5.41) is 0.866. The highest BCUT2D eigenvalue weighted by molar-refractivity contribution is 7.18. The number of aryl methyl sites for hydroxylation is 1. The van der Waals surface area contributed by atoms with E-state index in [0.717, 1.165) is 49.2 Å². The number of nitrogens with zero attached hydrogens (tertiary/aromatic N) is 3. The minimum absolute atomic E-state index is 0.135. The summed E-state index contributed by atoms with van der Waals surface area (Å²) in [4.78, 5) is 21.9. The largest absolute Gasteiger partial charge is 0.299 e. The van der Waals surface area contributed by atoms with Crippen molar-refractivity contribution in [2.75, 3.05) is 6.54 Å². The summed E-state index contributed by atoms with van der Waals surface area (Å²) in [7, 11) is 0. The Morgan fingerprint density at radius 3 is 2.88 bits per heavy atom. The Hall–Kier alpha value is -1.98. The molecule has 4 nitrogen and oxygen atoms in total. The molecule has 0 aliphatic carbocycles. The quantitative estimate of drug-likeness (QED) is 0.731. The van der Waals surface area contributed by atoms with Gasteiger partial charge in [0, 0.05) is 31.1 Å². The van der Waals surface area contributed by atoms with E-state index in [0.29, 0.717) is 0 Å². The normalized spacial score (nSPS) is 14.9. The Balaban J connectivity index is 1.65. The molecule has 5 heteroatoms. The maximum absolute atomic E-state index is 12.7. The first kappa shape index (κ1) is 15.5. The lowest BCUT2D eigenvalue weighted by molar-refractivity contribution is 0.249. The molecule has 24 heavy (non-hydrogen) atoms. The number of benzene rings is 1. The first-order chi connectivity index (χ1) is 11.8. The summed E-state index contributed by atoms with van der Waals surface area (Å²) in [6.07, 6.45) is 3.59.